The van der Waals surface area contributed by atoms with E-state index < -0.39 is 0 Å². The number of halogens is 1. The van der Waals surface area contributed by atoms with Gasteiger partial charge < -0.3 is 19.7 Å². The van der Waals surface area contributed by atoms with Gasteiger partial charge in [0.25, 0.3) is 0 Å². The summed E-state index contributed by atoms with van der Waals surface area (Å²) >= 11 is 0. The second-order valence-corrected chi connectivity index (χ2v) is 5.28. The lowest BCUT2D eigenvalue weighted by Gasteiger charge is -2.04. The Morgan fingerprint density at radius 1 is 1.32 bits per heavy atom. The second kappa shape index (κ2) is 7.72. The summed E-state index contributed by atoms with van der Waals surface area (Å²) in [7, 11) is 3.38. The molecule has 0 bridgehead atoms. The van der Waals surface area contributed by atoms with E-state index in [-0.39, 0.29) is 24.1 Å². The summed E-state index contributed by atoms with van der Waals surface area (Å²) in [6, 6.07) is 10.5. The number of nitrogens with one attached hydrogen (secondary N) is 1. The number of carbonyl (C=O) groups is 1. The number of anilines is 1. The standard InChI is InChI=1S/C18H17N3O3.ClH/c1-21-11-19-18-13(4-3-5-14(18)21)20-17(23)9-7-12-6-8-16(24-2)15(22)10-12;/h3-11,22H,1-2H3,(H,20,23);1H. The van der Waals surface area contributed by atoms with Crippen molar-refractivity contribution in [2.24, 2.45) is 7.05 Å². The van der Waals surface area contributed by atoms with E-state index in [1.54, 1.807) is 30.6 Å². The number of benzene rings is 2. The Kier molecular flexibility index (Phi) is 5.67. The van der Waals surface area contributed by atoms with Crippen molar-refractivity contribution in [2.45, 2.75) is 0 Å². The molecular weight excluding hydrogens is 342 g/mol. The summed E-state index contributed by atoms with van der Waals surface area (Å²) in [5, 5.41) is 12.6. The van der Waals surface area contributed by atoms with E-state index in [0.717, 1.165) is 11.0 Å². The minimum atomic E-state index is -0.275. The maximum absolute atomic E-state index is 12.1. The van der Waals surface area contributed by atoms with Crippen LogP contribution in [0.4, 0.5) is 5.69 Å². The van der Waals surface area contributed by atoms with E-state index in [1.807, 2.05) is 23.7 Å². The first kappa shape index (κ1) is 18.4. The topological polar surface area (TPSA) is 76.4 Å². The van der Waals surface area contributed by atoms with Gasteiger partial charge in [0.1, 0.15) is 5.52 Å². The molecule has 0 saturated carbocycles. The largest absolute Gasteiger partial charge is 0.504 e. The van der Waals surface area contributed by atoms with Crippen molar-refractivity contribution in [1.29, 1.82) is 0 Å². The zero-order chi connectivity index (χ0) is 17.1. The highest BCUT2D eigenvalue weighted by Crippen LogP contribution is 2.26. The van der Waals surface area contributed by atoms with Crippen LogP contribution in [0.25, 0.3) is 17.1 Å². The maximum Gasteiger partial charge on any atom is 0.248 e. The Balaban J connectivity index is 0.00000225. The number of imidazole rings is 1. The van der Waals surface area contributed by atoms with Crippen LogP contribution in [-0.2, 0) is 11.8 Å². The first-order chi connectivity index (χ1) is 11.6. The van der Waals surface area contributed by atoms with Gasteiger partial charge in [-0.15, -0.1) is 12.4 Å². The van der Waals surface area contributed by atoms with Crippen LogP contribution in [0.2, 0.25) is 0 Å². The summed E-state index contributed by atoms with van der Waals surface area (Å²) < 4.78 is 6.87. The first-order valence-corrected chi connectivity index (χ1v) is 7.34. The van der Waals surface area contributed by atoms with Crippen LogP contribution < -0.4 is 10.1 Å². The fraction of sp³-hybridized carbons (Fsp3) is 0.111. The average molecular weight is 360 g/mol. The molecule has 2 aromatic carbocycles. The number of amides is 1. The highest BCUT2D eigenvalue weighted by atomic mass is 35.5. The molecule has 0 atom stereocenters. The molecule has 1 aromatic heterocycles. The Labute approximate surface area is 151 Å². The molecule has 0 radical (unpaired) electrons. The summed E-state index contributed by atoms with van der Waals surface area (Å²) in [5.41, 5.74) is 3.03. The molecule has 0 aliphatic heterocycles. The molecule has 3 rings (SSSR count). The number of ether oxygens (including phenoxy) is 1. The average Bonchev–Trinajstić information content (AvgIpc) is 2.96. The summed E-state index contributed by atoms with van der Waals surface area (Å²) in [5.74, 6) is 0.139. The van der Waals surface area contributed by atoms with Gasteiger partial charge in [-0.3, -0.25) is 4.79 Å². The molecule has 7 heteroatoms. The van der Waals surface area contributed by atoms with Gasteiger partial charge in [0.05, 0.1) is 24.6 Å². The quantitative estimate of drug-likeness (QED) is 0.700. The van der Waals surface area contributed by atoms with Gasteiger partial charge >= 0.3 is 0 Å². The van der Waals surface area contributed by atoms with E-state index in [4.69, 9.17) is 4.74 Å². The van der Waals surface area contributed by atoms with Gasteiger partial charge in [0.2, 0.25) is 5.91 Å². The zero-order valence-electron chi connectivity index (χ0n) is 13.8. The number of phenols is 1. The minimum Gasteiger partial charge on any atom is -0.504 e. The number of carbonyl (C=O) groups excluding carboxylic acids is 1. The molecule has 1 amide bonds. The lowest BCUT2D eigenvalue weighted by molar-refractivity contribution is -0.111. The van der Waals surface area contributed by atoms with Crippen molar-refractivity contribution in [1.82, 2.24) is 9.55 Å². The molecular formula is C18H18ClN3O3. The zero-order valence-corrected chi connectivity index (χ0v) is 14.6. The fourth-order valence-corrected chi connectivity index (χ4v) is 2.42. The van der Waals surface area contributed by atoms with Crippen LogP contribution in [0, 0.1) is 0 Å². The predicted molar refractivity (Wildman–Crippen MR) is 100 cm³/mol. The van der Waals surface area contributed by atoms with Crippen LogP contribution in [0.3, 0.4) is 0 Å². The van der Waals surface area contributed by atoms with E-state index in [9.17, 15) is 9.90 Å². The fourth-order valence-electron chi connectivity index (χ4n) is 2.42. The Bertz CT molecular complexity index is 934. The third-order valence-corrected chi connectivity index (χ3v) is 3.64. The number of fused-ring (bicyclic) bond motifs is 1. The third-order valence-electron chi connectivity index (χ3n) is 3.64. The Morgan fingerprint density at radius 2 is 2.12 bits per heavy atom. The lowest BCUT2D eigenvalue weighted by Crippen LogP contribution is -2.08. The number of aromatic hydroxyl groups is 1. The predicted octanol–water partition coefficient (Wildman–Crippen LogP) is 3.36. The minimum absolute atomic E-state index is 0. The van der Waals surface area contributed by atoms with Gasteiger partial charge in [-0.05, 0) is 35.9 Å². The summed E-state index contributed by atoms with van der Waals surface area (Å²) in [4.78, 5) is 16.4. The molecule has 3 aromatic rings. The van der Waals surface area contributed by atoms with Crippen molar-refractivity contribution in [3.05, 3.63) is 54.4 Å². The van der Waals surface area contributed by atoms with E-state index in [2.05, 4.69) is 10.3 Å². The van der Waals surface area contributed by atoms with Gasteiger partial charge in [0.15, 0.2) is 11.5 Å². The number of aryl methyl sites for hydroxylation is 1. The van der Waals surface area contributed by atoms with Gasteiger partial charge in [-0.2, -0.15) is 0 Å². The Hall–Kier alpha value is -2.99. The number of para-hydroxylation sites is 1. The van der Waals surface area contributed by atoms with E-state index in [0.29, 0.717) is 17.0 Å². The normalized spacial score (nSPS) is 10.6. The van der Waals surface area contributed by atoms with Gasteiger partial charge in [-0.25, -0.2) is 4.98 Å². The number of aromatic nitrogens is 2. The number of phenolic OH excluding ortho intramolecular Hbond substituents is 1. The molecule has 0 aliphatic rings. The molecule has 0 aliphatic carbocycles. The Morgan fingerprint density at radius 3 is 2.84 bits per heavy atom. The second-order valence-electron chi connectivity index (χ2n) is 5.28. The molecule has 0 saturated heterocycles. The van der Waals surface area contributed by atoms with Crippen molar-refractivity contribution in [3.8, 4) is 11.5 Å². The molecule has 0 fully saturated rings. The smallest absolute Gasteiger partial charge is 0.248 e. The molecule has 0 spiro atoms. The number of rotatable bonds is 4. The monoisotopic (exact) mass is 359 g/mol. The molecule has 0 unspecified atom stereocenters. The van der Waals surface area contributed by atoms with E-state index >= 15 is 0 Å². The number of hydrogen-bond acceptors (Lipinski definition) is 4. The summed E-state index contributed by atoms with van der Waals surface area (Å²) in [6.45, 7) is 0. The molecule has 130 valence electrons. The summed E-state index contributed by atoms with van der Waals surface area (Å²) in [6.07, 6.45) is 4.73. The van der Waals surface area contributed by atoms with Crippen LogP contribution >= 0.6 is 12.4 Å². The molecule has 1 heterocycles. The van der Waals surface area contributed by atoms with Crippen LogP contribution in [0.5, 0.6) is 11.5 Å². The van der Waals surface area contributed by atoms with Crippen molar-refractivity contribution in [3.63, 3.8) is 0 Å². The highest BCUT2D eigenvalue weighted by Gasteiger charge is 2.07. The van der Waals surface area contributed by atoms with Crippen LogP contribution in [-0.4, -0.2) is 27.7 Å². The van der Waals surface area contributed by atoms with Crippen LogP contribution in [0.15, 0.2) is 48.8 Å². The SMILES string of the molecule is COc1ccc(C=CC(=O)Nc2cccc3c2ncn3C)cc1O.Cl. The molecule has 2 N–H and O–H groups in total. The van der Waals surface area contributed by atoms with Crippen molar-refractivity contribution >= 4 is 41.1 Å². The third kappa shape index (κ3) is 3.92. The van der Waals surface area contributed by atoms with Crippen molar-refractivity contribution < 1.29 is 14.6 Å². The maximum atomic E-state index is 12.1. The molecule has 6 nitrogen and oxygen atoms in total. The van der Waals surface area contributed by atoms with Gasteiger partial charge in [-0.1, -0.05) is 12.1 Å². The highest BCUT2D eigenvalue weighted by molar-refractivity contribution is 6.06. The molecule has 25 heavy (non-hydrogen) atoms. The number of hydrogen-bond donors (Lipinski definition) is 2. The lowest BCUT2D eigenvalue weighted by atomic mass is 10.2. The number of nitrogens with zero attached hydrogens (tertiary/aromatic N) is 2. The van der Waals surface area contributed by atoms with Gasteiger partial charge in [0, 0.05) is 13.1 Å². The van der Waals surface area contributed by atoms with Crippen LogP contribution in [0.1, 0.15) is 5.56 Å². The van der Waals surface area contributed by atoms with Crippen molar-refractivity contribution in [2.75, 3.05) is 12.4 Å². The van der Waals surface area contributed by atoms with E-state index in [1.165, 1.54) is 19.3 Å². The number of methoxy groups -OCH3 is 1. The first-order valence-electron chi connectivity index (χ1n) is 7.34.